The summed E-state index contributed by atoms with van der Waals surface area (Å²) >= 11 is 8.93. The van der Waals surface area contributed by atoms with Crippen LogP contribution < -0.4 is 34.0 Å². The normalized spacial score (nSPS) is 13.1. The van der Waals surface area contributed by atoms with Crippen molar-refractivity contribution in [2.75, 3.05) is 17.2 Å². The van der Waals surface area contributed by atoms with E-state index in [1.807, 2.05) is 177 Å². The largest absolute Gasteiger partial charge is 0.478 e. The van der Waals surface area contributed by atoms with Gasteiger partial charge in [-0.25, -0.2) is 14.2 Å². The molecule has 0 aliphatic heterocycles. The Balaban J connectivity index is 0.000000149. The minimum atomic E-state index is -1.16. The third-order valence-electron chi connectivity index (χ3n) is 23.7. The summed E-state index contributed by atoms with van der Waals surface area (Å²) in [5, 5.41) is 12.6. The van der Waals surface area contributed by atoms with Crippen molar-refractivity contribution in [1.29, 1.82) is 0 Å². The van der Waals surface area contributed by atoms with Gasteiger partial charge in [-0.3, -0.25) is 43.2 Å². The predicted octanol–water partition coefficient (Wildman–Crippen LogP) is 20.4. The van der Waals surface area contributed by atoms with Crippen molar-refractivity contribution in [2.24, 2.45) is 17.4 Å². The van der Waals surface area contributed by atoms with Crippen LogP contribution in [0.15, 0.2) is 274 Å². The van der Waals surface area contributed by atoms with Crippen molar-refractivity contribution in [2.45, 2.75) is 148 Å². The van der Waals surface area contributed by atoms with E-state index in [2.05, 4.69) is 23.4 Å². The molecule has 6 amide bonds. The number of ketones is 3. The maximum absolute atomic E-state index is 14.4. The second-order valence-electron chi connectivity index (χ2n) is 33.8. The lowest BCUT2D eigenvalue weighted by atomic mass is 9.84. The van der Waals surface area contributed by atoms with Crippen LogP contribution >= 0.6 is 46.2 Å². The van der Waals surface area contributed by atoms with Gasteiger partial charge in [0.15, 0.2) is 34.4 Å². The average molecular weight is 1950 g/mol. The maximum atomic E-state index is 14.4. The molecule has 0 saturated heterocycles. The first kappa shape index (κ1) is 99.6. The van der Waals surface area contributed by atoms with Crippen LogP contribution in [0.4, 0.5) is 21.5 Å². The van der Waals surface area contributed by atoms with E-state index in [1.54, 1.807) is 86.6 Å². The van der Waals surface area contributed by atoms with Gasteiger partial charge in [-0.05, 0) is 169 Å². The molecule has 15 aromatic rings. The fourth-order valence-electron chi connectivity index (χ4n) is 16.8. The van der Waals surface area contributed by atoms with Crippen molar-refractivity contribution < 1.29 is 70.7 Å². The molecule has 0 radical (unpaired) electrons. The summed E-state index contributed by atoms with van der Waals surface area (Å²) in [4.78, 5) is 144. The number of anilines is 3. The number of Topliss-reactive ketones (excluding diaryl/α,β-unsaturated/α-hetero) is 3. The Hall–Kier alpha value is -15.4. The summed E-state index contributed by atoms with van der Waals surface area (Å²) < 4.78 is 43.6. The number of primary amides is 2. The molecule has 17 rings (SSSR count). The quantitative estimate of drug-likeness (QED) is 0.0194. The Morgan fingerprint density at radius 2 is 0.856 bits per heavy atom. The van der Waals surface area contributed by atoms with Crippen LogP contribution in [0.25, 0.3) is 33.9 Å². The summed E-state index contributed by atoms with van der Waals surface area (Å²) in [6.07, 6.45) is 10.8. The Bertz CT molecular complexity index is 6780. The van der Waals surface area contributed by atoms with Gasteiger partial charge in [0.1, 0.15) is 79.0 Å². The molecule has 2 aliphatic rings. The summed E-state index contributed by atoms with van der Waals surface area (Å²) in [5.41, 5.74) is 37.2. The number of carbonyl (C=O) groups excluding carboxylic acids is 9. The molecule has 8 aromatic carbocycles. The van der Waals surface area contributed by atoms with Crippen LogP contribution in [0, 0.1) is 32.5 Å². The first-order valence-corrected chi connectivity index (χ1v) is 47.8. The number of nitrogens with two attached hydrogens (primary N) is 5. The van der Waals surface area contributed by atoms with Crippen LogP contribution in [-0.2, 0) is 46.9 Å². The Morgan fingerprint density at radius 3 is 1.29 bits per heavy atom. The van der Waals surface area contributed by atoms with Gasteiger partial charge in [0, 0.05) is 66.7 Å². The number of halogens is 2. The van der Waals surface area contributed by atoms with E-state index in [1.165, 1.54) is 45.7 Å². The highest BCUT2D eigenvalue weighted by atomic mass is 35.5. The van der Waals surface area contributed by atoms with E-state index in [0.717, 1.165) is 131 Å². The molecule has 7 heterocycles. The number of H-pyrrole nitrogens is 1. The number of rotatable bonds is 32. The number of nitrogens with one attached hydrogen (secondary N) is 2. The minimum absolute atomic E-state index is 0.0217. The lowest BCUT2D eigenvalue weighted by molar-refractivity contribution is -0.126. The SMILES string of the molecule is Cc1ccc(C(C(=O)CC2CCCCC2)N(Cc2ccccc2Cl)C(=O)c2snc(C(=O)NC3CCCCC3)c2N)o1.Cc1ccc(C(C(=O)Cc2cccc(F)c2)N(Cc2ccccc2)C(=O)c2snc(C(N)=O)c2N)o1.Cc1ccc(C(C(=O)Cc2ccccc2)N(Cc2ccccc2)C(=O)c2snc(C(N)=O)c2N)o1.O=C(O)c1ccc(-c2nc(-c3ccccc3)c(-c3ccccc3)[nH]2)cc1. The summed E-state index contributed by atoms with van der Waals surface area (Å²) in [6, 6.07) is 74.6. The zero-order valence-corrected chi connectivity index (χ0v) is 79.5. The number of carbonyl (C=O) groups is 10. The van der Waals surface area contributed by atoms with Crippen LogP contribution in [0.5, 0.6) is 0 Å². The number of benzene rings is 8. The number of furan rings is 3. The molecule has 712 valence electrons. The topological polar surface area (TPSA) is 450 Å². The minimum Gasteiger partial charge on any atom is -0.478 e. The highest BCUT2D eigenvalue weighted by Gasteiger charge is 2.42. The smallest absolute Gasteiger partial charge is 0.335 e. The van der Waals surface area contributed by atoms with E-state index in [0.29, 0.717) is 57.2 Å². The number of aromatic nitrogens is 5. The number of amides is 6. The second-order valence-corrected chi connectivity index (χ2v) is 36.5. The van der Waals surface area contributed by atoms with Gasteiger partial charge in [0.2, 0.25) is 0 Å². The van der Waals surface area contributed by atoms with Crippen molar-refractivity contribution >= 4 is 122 Å². The molecule has 0 spiro atoms. The van der Waals surface area contributed by atoms with E-state index < -0.39 is 65.2 Å². The average Bonchev–Trinajstić information content (AvgIpc) is 1.66. The van der Waals surface area contributed by atoms with Crippen molar-refractivity contribution in [3.8, 4) is 33.9 Å². The number of imidazole rings is 1. The van der Waals surface area contributed by atoms with Gasteiger partial charge < -0.3 is 72.0 Å². The number of aromatic amines is 1. The number of aromatic carboxylic acids is 1. The van der Waals surface area contributed by atoms with Crippen molar-refractivity contribution in [1.82, 2.24) is 43.1 Å². The van der Waals surface area contributed by atoms with Gasteiger partial charge in [0.05, 0.1) is 34.0 Å². The fraction of sp³-hybridized carbons (Fsp3) is 0.226. The van der Waals surface area contributed by atoms with E-state index >= 15 is 0 Å². The van der Waals surface area contributed by atoms with E-state index in [9.17, 15) is 52.3 Å². The van der Waals surface area contributed by atoms with E-state index in [-0.39, 0.29) is 122 Å². The van der Waals surface area contributed by atoms with Gasteiger partial charge in [-0.2, -0.15) is 13.1 Å². The predicted molar refractivity (Wildman–Crippen MR) is 532 cm³/mol. The number of carboxylic acids is 1. The number of nitrogens with zero attached hydrogens (tertiary/aromatic N) is 7. The molecule has 13 N–H and O–H groups in total. The lowest BCUT2D eigenvalue weighted by Crippen LogP contribution is -2.39. The van der Waals surface area contributed by atoms with Crippen molar-refractivity contribution in [3.05, 3.63) is 371 Å². The number of carboxylic acid groups (broad SMARTS) is 1. The monoisotopic (exact) mass is 1940 g/mol. The molecular formula is C106H102ClFN14O14S3. The third kappa shape index (κ3) is 25.3. The number of hydrogen-bond acceptors (Lipinski definition) is 23. The van der Waals surface area contributed by atoms with Gasteiger partial charge >= 0.3 is 5.97 Å². The molecule has 28 nitrogen and oxygen atoms in total. The number of hydrogen-bond donors (Lipinski definition) is 8. The molecule has 3 unspecified atom stereocenters. The Labute approximate surface area is 818 Å². The summed E-state index contributed by atoms with van der Waals surface area (Å²) in [6.45, 7) is 5.49. The van der Waals surface area contributed by atoms with Crippen LogP contribution in [0.1, 0.15) is 222 Å². The molecule has 3 atom stereocenters. The molecule has 2 aliphatic carbocycles. The number of nitrogen functional groups attached to an aromatic ring is 3. The van der Waals surface area contributed by atoms with E-state index in [4.69, 9.17) is 63.6 Å². The molecule has 33 heteroatoms. The fourth-order valence-corrected chi connectivity index (χ4v) is 19.2. The highest BCUT2D eigenvalue weighted by Crippen LogP contribution is 2.41. The zero-order valence-electron chi connectivity index (χ0n) is 76.3. The molecular weight excluding hydrogens is 1840 g/mol. The standard InChI is InChI=1S/C32H39ClN4O4S.C26H23FN4O4S.C26H24N4O4S.C22H16N2O2/c1-20-16-17-26(41-20)29(25(38)18-21-10-4-2-5-11-21)37(19-22-12-8-9-15-24(22)33)32(40)30-27(34)28(36-42-30)31(39)35-23-13-6-3-7-14-23;1-15-10-11-20(35-15)23(19(32)13-17-8-5-9-18(27)12-17)31(14-16-6-3-2-4-7-16)26(34)24-21(28)22(25(29)33)30-36-24;1-16-12-13-20(34-16)23(19(31)14-17-8-4-2-5-9-17)30(15-18-10-6-3-7-11-18)26(33)24-21(27)22(25(28)32)29-35-24;25-22(26)18-13-11-17(12-14-18)21-23-19(15-7-3-1-4-8-15)20(24-21)16-9-5-2-6-10-16/h8-9,12,15-17,21,23,29H,2-7,10-11,13-14,18-19,34H2,1H3,(H,35,39);2-12,23H,13-14,28H2,1H3,(H2,29,33);2-13,23H,14-15,27H2,1H3,(H2,28,32);1-14H,(H,23,24)(H,25,26). The molecule has 2 fully saturated rings. The number of aryl methyl sites for hydroxylation is 3. The van der Waals surface area contributed by atoms with Crippen molar-refractivity contribution in [3.63, 3.8) is 0 Å². The third-order valence-corrected chi connectivity index (χ3v) is 26.6. The molecule has 7 aromatic heterocycles. The Kier molecular flexibility index (Phi) is 33.6. The van der Waals surface area contributed by atoms with Gasteiger partial charge in [0.25, 0.3) is 35.4 Å². The maximum Gasteiger partial charge on any atom is 0.335 e. The molecule has 2 saturated carbocycles. The lowest BCUT2D eigenvalue weighted by Gasteiger charge is -2.31. The highest BCUT2D eigenvalue weighted by molar-refractivity contribution is 7.09. The summed E-state index contributed by atoms with van der Waals surface area (Å²) in [5.74, 6) is -2.08. The molecule has 139 heavy (non-hydrogen) atoms. The van der Waals surface area contributed by atoms with Crippen LogP contribution in [-0.4, -0.2) is 108 Å². The first-order chi connectivity index (χ1) is 67.1. The zero-order chi connectivity index (χ0) is 98.3. The first-order valence-electron chi connectivity index (χ1n) is 45.1. The van der Waals surface area contributed by atoms with Gasteiger partial charge in [-0.1, -0.05) is 257 Å². The second kappa shape index (κ2) is 46.9. The van der Waals surface area contributed by atoms with Crippen LogP contribution in [0.3, 0.4) is 0 Å². The van der Waals surface area contributed by atoms with Gasteiger partial charge in [-0.15, -0.1) is 0 Å². The molecule has 0 bridgehead atoms. The Morgan fingerprint density at radius 1 is 0.453 bits per heavy atom. The van der Waals surface area contributed by atoms with Crippen LogP contribution in [0.2, 0.25) is 5.02 Å². The summed E-state index contributed by atoms with van der Waals surface area (Å²) in [7, 11) is 0.